The first kappa shape index (κ1) is 13.3. The van der Waals surface area contributed by atoms with Gasteiger partial charge in [0, 0.05) is 36.3 Å². The third-order valence-electron chi connectivity index (χ3n) is 3.05. The van der Waals surface area contributed by atoms with Gasteiger partial charge >= 0.3 is 0 Å². The predicted molar refractivity (Wildman–Crippen MR) is 76.9 cm³/mol. The number of hydrogen-bond acceptors (Lipinski definition) is 3. The molecule has 3 nitrogen and oxygen atoms in total. The number of aryl methyl sites for hydroxylation is 1. The van der Waals surface area contributed by atoms with Gasteiger partial charge in [0.25, 0.3) is 0 Å². The molecular weight excluding hydrogens is 242 g/mol. The van der Waals surface area contributed by atoms with Crippen LogP contribution in [0.2, 0.25) is 0 Å². The molecule has 0 aromatic carbocycles. The Hall–Kier alpha value is -1.13. The summed E-state index contributed by atoms with van der Waals surface area (Å²) >= 11 is 1.80. The second kappa shape index (κ2) is 5.67. The van der Waals surface area contributed by atoms with Crippen LogP contribution in [0.15, 0.2) is 23.7 Å². The first-order valence-electron chi connectivity index (χ1n) is 6.37. The maximum atomic E-state index is 4.53. The number of rotatable bonds is 5. The van der Waals surface area contributed by atoms with Crippen molar-refractivity contribution in [3.05, 3.63) is 39.8 Å². The monoisotopic (exact) mass is 263 g/mol. The Morgan fingerprint density at radius 3 is 2.78 bits per heavy atom. The van der Waals surface area contributed by atoms with Crippen molar-refractivity contribution in [2.45, 2.75) is 39.3 Å². The molecule has 0 spiro atoms. The molecule has 0 aliphatic heterocycles. The molecule has 2 rings (SSSR count). The number of aromatic nitrogens is 2. The molecule has 0 fully saturated rings. The van der Waals surface area contributed by atoms with Crippen LogP contribution in [0.4, 0.5) is 0 Å². The van der Waals surface area contributed by atoms with E-state index in [0.717, 1.165) is 6.54 Å². The van der Waals surface area contributed by atoms with Gasteiger partial charge in [-0.25, -0.2) is 0 Å². The normalized spacial score (nSPS) is 13.2. The van der Waals surface area contributed by atoms with Gasteiger partial charge in [0.2, 0.25) is 0 Å². The highest BCUT2D eigenvalue weighted by Gasteiger charge is 2.12. The molecular formula is C14H21N3S. The molecule has 1 N–H and O–H groups in total. The highest BCUT2D eigenvalue weighted by Crippen LogP contribution is 2.21. The van der Waals surface area contributed by atoms with E-state index < -0.39 is 0 Å². The Bertz CT molecular complexity index is 485. The van der Waals surface area contributed by atoms with Gasteiger partial charge < -0.3 is 5.32 Å². The lowest BCUT2D eigenvalue weighted by Gasteiger charge is -2.12. The lowest BCUT2D eigenvalue weighted by molar-refractivity contribution is 0.578. The summed E-state index contributed by atoms with van der Waals surface area (Å²) in [6, 6.07) is 4.67. The maximum absolute atomic E-state index is 4.53. The number of nitrogens with one attached hydrogen (secondary N) is 1. The third kappa shape index (κ3) is 3.00. The van der Waals surface area contributed by atoms with Crippen molar-refractivity contribution in [2.75, 3.05) is 0 Å². The molecule has 0 bridgehead atoms. The fraction of sp³-hybridized carbons (Fsp3) is 0.500. The summed E-state index contributed by atoms with van der Waals surface area (Å²) in [5.41, 5.74) is 2.50. The fourth-order valence-corrected chi connectivity index (χ4v) is 2.84. The van der Waals surface area contributed by atoms with Gasteiger partial charge in [0.15, 0.2) is 0 Å². The quantitative estimate of drug-likeness (QED) is 0.895. The summed E-state index contributed by atoms with van der Waals surface area (Å²) in [5, 5.41) is 10.2. The van der Waals surface area contributed by atoms with Gasteiger partial charge in [-0.3, -0.25) is 4.68 Å². The molecule has 18 heavy (non-hydrogen) atoms. The SMILES string of the molecule is CC(C)c1nn(C)cc1CN[C@H](C)c1cccs1. The van der Waals surface area contributed by atoms with Crippen molar-refractivity contribution in [3.8, 4) is 0 Å². The van der Waals surface area contributed by atoms with Gasteiger partial charge in [0.05, 0.1) is 5.69 Å². The minimum absolute atomic E-state index is 0.394. The number of hydrogen-bond donors (Lipinski definition) is 1. The van der Waals surface area contributed by atoms with Crippen molar-refractivity contribution in [1.29, 1.82) is 0 Å². The minimum atomic E-state index is 0.394. The Balaban J connectivity index is 2.02. The van der Waals surface area contributed by atoms with Crippen LogP contribution >= 0.6 is 11.3 Å². The molecule has 2 heterocycles. The highest BCUT2D eigenvalue weighted by molar-refractivity contribution is 7.10. The van der Waals surface area contributed by atoms with Crippen LogP contribution in [0.5, 0.6) is 0 Å². The number of thiophene rings is 1. The van der Waals surface area contributed by atoms with Crippen LogP contribution < -0.4 is 5.32 Å². The van der Waals surface area contributed by atoms with Crippen molar-refractivity contribution < 1.29 is 0 Å². The van der Waals surface area contributed by atoms with Crippen LogP contribution in [-0.4, -0.2) is 9.78 Å². The van der Waals surface area contributed by atoms with E-state index in [-0.39, 0.29) is 0 Å². The van der Waals surface area contributed by atoms with Gasteiger partial charge in [-0.15, -0.1) is 11.3 Å². The summed E-state index contributed by atoms with van der Waals surface area (Å²) in [6.07, 6.45) is 2.11. The van der Waals surface area contributed by atoms with Gasteiger partial charge in [0.1, 0.15) is 0 Å². The van der Waals surface area contributed by atoms with Crippen LogP contribution in [-0.2, 0) is 13.6 Å². The Morgan fingerprint density at radius 1 is 1.39 bits per heavy atom. The zero-order chi connectivity index (χ0) is 13.1. The highest BCUT2D eigenvalue weighted by atomic mass is 32.1. The Kier molecular flexibility index (Phi) is 4.19. The standard InChI is InChI=1S/C14H21N3S/c1-10(2)14-12(9-17(4)16-14)8-15-11(3)13-6-5-7-18-13/h5-7,9-11,15H,8H2,1-4H3/t11-/m1/s1. The number of nitrogens with zero attached hydrogens (tertiary/aromatic N) is 2. The zero-order valence-corrected chi connectivity index (χ0v) is 12.3. The van der Waals surface area contributed by atoms with Crippen LogP contribution in [0.3, 0.4) is 0 Å². The first-order chi connectivity index (χ1) is 8.58. The molecule has 98 valence electrons. The van der Waals surface area contributed by atoms with E-state index in [0.29, 0.717) is 12.0 Å². The topological polar surface area (TPSA) is 29.9 Å². The molecule has 1 atom stereocenters. The Morgan fingerprint density at radius 2 is 2.17 bits per heavy atom. The summed E-state index contributed by atoms with van der Waals surface area (Å²) in [7, 11) is 1.98. The molecule has 0 unspecified atom stereocenters. The van der Waals surface area contributed by atoms with E-state index in [4.69, 9.17) is 0 Å². The molecule has 0 saturated carbocycles. The average Bonchev–Trinajstić information content (AvgIpc) is 2.94. The molecule has 0 radical (unpaired) electrons. The average molecular weight is 263 g/mol. The largest absolute Gasteiger partial charge is 0.305 e. The Labute approximate surface area is 113 Å². The smallest absolute Gasteiger partial charge is 0.0694 e. The van der Waals surface area contributed by atoms with Crippen LogP contribution in [0.25, 0.3) is 0 Å². The summed E-state index contributed by atoms with van der Waals surface area (Å²) in [5.74, 6) is 0.472. The molecule has 4 heteroatoms. The molecule has 2 aromatic rings. The van der Waals surface area contributed by atoms with Crippen molar-refractivity contribution >= 4 is 11.3 Å². The second-order valence-corrected chi connectivity index (χ2v) is 5.97. The van der Waals surface area contributed by atoms with Gasteiger partial charge in [-0.05, 0) is 24.3 Å². The first-order valence-corrected chi connectivity index (χ1v) is 7.25. The van der Waals surface area contributed by atoms with Crippen LogP contribution in [0, 0.1) is 0 Å². The van der Waals surface area contributed by atoms with E-state index in [9.17, 15) is 0 Å². The van der Waals surface area contributed by atoms with Crippen molar-refractivity contribution in [2.24, 2.45) is 7.05 Å². The van der Waals surface area contributed by atoms with Crippen molar-refractivity contribution in [1.82, 2.24) is 15.1 Å². The van der Waals surface area contributed by atoms with Gasteiger partial charge in [-0.1, -0.05) is 19.9 Å². The zero-order valence-electron chi connectivity index (χ0n) is 11.5. The summed E-state index contributed by atoms with van der Waals surface area (Å²) in [6.45, 7) is 7.46. The van der Waals surface area contributed by atoms with E-state index in [2.05, 4.69) is 54.9 Å². The second-order valence-electron chi connectivity index (χ2n) is 4.99. The lowest BCUT2D eigenvalue weighted by atomic mass is 10.1. The maximum Gasteiger partial charge on any atom is 0.0694 e. The molecule has 0 aliphatic carbocycles. The van der Waals surface area contributed by atoms with E-state index in [1.807, 2.05) is 11.7 Å². The molecule has 0 amide bonds. The fourth-order valence-electron chi connectivity index (χ4n) is 2.08. The third-order valence-corrected chi connectivity index (χ3v) is 4.11. The molecule has 0 aliphatic rings. The van der Waals surface area contributed by atoms with Crippen LogP contribution in [0.1, 0.15) is 48.9 Å². The van der Waals surface area contributed by atoms with E-state index >= 15 is 0 Å². The molecule has 2 aromatic heterocycles. The van der Waals surface area contributed by atoms with E-state index in [1.165, 1.54) is 16.1 Å². The van der Waals surface area contributed by atoms with Crippen molar-refractivity contribution in [3.63, 3.8) is 0 Å². The van der Waals surface area contributed by atoms with E-state index in [1.54, 1.807) is 11.3 Å². The lowest BCUT2D eigenvalue weighted by Crippen LogP contribution is -2.17. The summed E-state index contributed by atoms with van der Waals surface area (Å²) < 4.78 is 1.90. The molecule has 0 saturated heterocycles. The predicted octanol–water partition coefficient (Wildman–Crippen LogP) is 3.46. The minimum Gasteiger partial charge on any atom is -0.305 e. The van der Waals surface area contributed by atoms with Gasteiger partial charge in [-0.2, -0.15) is 5.10 Å². The summed E-state index contributed by atoms with van der Waals surface area (Å²) in [4.78, 5) is 1.38.